The van der Waals surface area contributed by atoms with Crippen LogP contribution in [0.3, 0.4) is 0 Å². The van der Waals surface area contributed by atoms with Gasteiger partial charge in [-0.15, -0.1) is 6.58 Å². The molecule has 21 heteroatoms. The fourth-order valence-corrected chi connectivity index (χ4v) is 6.50. The molecule has 17 nitrogen and oxygen atoms in total. The van der Waals surface area contributed by atoms with Gasteiger partial charge in [0.15, 0.2) is 0 Å². The minimum atomic E-state index is -1.68. The third-order valence-corrected chi connectivity index (χ3v) is 12.4. The van der Waals surface area contributed by atoms with E-state index in [4.69, 9.17) is 58.3 Å². The number of rotatable bonds is 42. The van der Waals surface area contributed by atoms with Crippen LogP contribution in [0.25, 0.3) is 0 Å². The van der Waals surface area contributed by atoms with Crippen LogP contribution in [0.15, 0.2) is 25.0 Å². The number of ketones is 1. The van der Waals surface area contributed by atoms with E-state index in [2.05, 4.69) is 50.3 Å². The van der Waals surface area contributed by atoms with Gasteiger partial charge in [0.25, 0.3) is 0 Å². The van der Waals surface area contributed by atoms with Gasteiger partial charge in [-0.1, -0.05) is 119 Å². The highest BCUT2D eigenvalue weighted by Crippen LogP contribution is 2.32. The molecule has 0 saturated carbocycles. The highest BCUT2D eigenvalue weighted by Gasteiger charge is 2.43. The van der Waals surface area contributed by atoms with Gasteiger partial charge in [-0.05, 0) is 79.6 Å². The van der Waals surface area contributed by atoms with Crippen molar-refractivity contribution < 1.29 is 76.2 Å². The lowest BCUT2D eigenvalue weighted by atomic mass is 9.72. The monoisotopic (exact) mass is 1200 g/mol. The number of hydrogen-bond donors (Lipinski definition) is 1. The molecule has 1 amide bonds. The van der Waals surface area contributed by atoms with Crippen LogP contribution in [0.4, 0.5) is 0 Å². The second-order valence-corrected chi connectivity index (χ2v) is 27.5. The number of unbranched alkanes of at least 4 members (excludes halogenated alkanes) is 7. The summed E-state index contributed by atoms with van der Waals surface area (Å²) in [6.07, 6.45) is 10.8. The summed E-state index contributed by atoms with van der Waals surface area (Å²) < 4.78 is 49.4. The maximum atomic E-state index is 14.0. The molecule has 0 rings (SSSR count). The Hall–Kier alpha value is -3.26. The van der Waals surface area contributed by atoms with Crippen molar-refractivity contribution in [1.82, 2.24) is 5.32 Å². The van der Waals surface area contributed by atoms with E-state index in [9.17, 15) is 33.6 Å². The van der Waals surface area contributed by atoms with Crippen LogP contribution in [0.5, 0.6) is 0 Å². The first-order valence-electron chi connectivity index (χ1n) is 26.1. The van der Waals surface area contributed by atoms with Crippen molar-refractivity contribution in [2.45, 2.75) is 185 Å². The summed E-state index contributed by atoms with van der Waals surface area (Å²) in [7, 11) is 11.9. The standard InChI is InChI=1S/C55H91B2Br2NO16/c1-16-17-18-19-20-21-23-28-68-29-24-22-25-30-69-33-53(14,35-73-47(67)54(15,36-71-40(2)48(3,4)5)37-74-46(66)52(12,13)59)34-72-43(63)32-70-31-42(62)60-55(27-26-41(61)51(10,11)58,38-75-44(64)49(6,7)56)39-76-45(65)50(8,9)57/h16H,1-2,17-39H2,3-15H3,(H,60,62). The molecule has 0 aromatic carbocycles. The van der Waals surface area contributed by atoms with Gasteiger partial charge in [-0.3, -0.25) is 28.8 Å². The average molecular weight is 1200 g/mol. The van der Waals surface area contributed by atoms with E-state index >= 15 is 0 Å². The van der Waals surface area contributed by atoms with Gasteiger partial charge in [0.1, 0.15) is 73.9 Å². The van der Waals surface area contributed by atoms with Crippen molar-refractivity contribution in [3.8, 4) is 0 Å². The van der Waals surface area contributed by atoms with Crippen LogP contribution in [0, 0.1) is 16.2 Å². The van der Waals surface area contributed by atoms with E-state index < -0.39 is 103 Å². The summed E-state index contributed by atoms with van der Waals surface area (Å²) in [4.78, 5) is 92.3. The van der Waals surface area contributed by atoms with Gasteiger partial charge in [-0.2, -0.15) is 0 Å². The molecule has 0 fully saturated rings. The zero-order valence-electron chi connectivity index (χ0n) is 48.2. The van der Waals surface area contributed by atoms with E-state index in [1.54, 1.807) is 41.5 Å². The second-order valence-electron chi connectivity index (χ2n) is 23.5. The molecule has 0 aliphatic heterocycles. The average Bonchev–Trinajstić information content (AvgIpc) is 3.30. The number of alkyl halides is 2. The Bertz CT molecular complexity index is 1760. The first-order valence-corrected chi connectivity index (χ1v) is 27.7. The van der Waals surface area contributed by atoms with Crippen LogP contribution in [-0.2, 0) is 76.2 Å². The summed E-state index contributed by atoms with van der Waals surface area (Å²) in [6, 6.07) is 0. The number of nitrogens with one attached hydrogen (secondary N) is 1. The quantitative estimate of drug-likeness (QED) is 0.0115. The Labute approximate surface area is 474 Å². The minimum Gasteiger partial charge on any atom is -0.497 e. The zero-order chi connectivity index (χ0) is 58.7. The van der Waals surface area contributed by atoms with Crippen molar-refractivity contribution in [1.29, 1.82) is 0 Å². The number of allylic oxidation sites excluding steroid dienone is 2. The number of carbonyl (C=O) groups excluding carboxylic acids is 7. The first kappa shape index (κ1) is 72.7. The number of Topliss-reactive ketones (excluding diaryl/α,β-unsaturated/α-hetero) is 1. The molecule has 1 N–H and O–H groups in total. The van der Waals surface area contributed by atoms with Gasteiger partial charge in [0.05, 0.1) is 37.8 Å². The predicted octanol–water partition coefficient (Wildman–Crippen LogP) is 9.32. The number of carbonyl (C=O) groups is 7. The first-order chi connectivity index (χ1) is 34.8. The highest BCUT2D eigenvalue weighted by molar-refractivity contribution is 9.10. The molecule has 0 heterocycles. The zero-order valence-corrected chi connectivity index (χ0v) is 51.4. The van der Waals surface area contributed by atoms with Crippen LogP contribution < -0.4 is 5.32 Å². The van der Waals surface area contributed by atoms with Crippen molar-refractivity contribution in [3.63, 3.8) is 0 Å². The van der Waals surface area contributed by atoms with Gasteiger partial charge in [0, 0.05) is 42.3 Å². The van der Waals surface area contributed by atoms with Crippen LogP contribution in [0.1, 0.15) is 161 Å². The molecule has 0 saturated heterocycles. The summed E-state index contributed by atoms with van der Waals surface area (Å²) in [5.74, 6) is -4.62. The van der Waals surface area contributed by atoms with Gasteiger partial charge < -0.3 is 47.9 Å². The Morgan fingerprint density at radius 3 is 1.47 bits per heavy atom. The third kappa shape index (κ3) is 32.0. The van der Waals surface area contributed by atoms with Gasteiger partial charge in [-0.25, -0.2) is 4.79 Å². The second kappa shape index (κ2) is 34.0. The van der Waals surface area contributed by atoms with Crippen LogP contribution in [0.2, 0.25) is 10.6 Å². The Morgan fingerprint density at radius 2 is 0.974 bits per heavy atom. The molecule has 0 aliphatic carbocycles. The molecular formula is C55H91B2Br2NO16. The number of hydrogen-bond acceptors (Lipinski definition) is 16. The van der Waals surface area contributed by atoms with E-state index in [1.807, 2.05) is 26.8 Å². The van der Waals surface area contributed by atoms with E-state index in [0.717, 1.165) is 38.7 Å². The Kier molecular flexibility index (Phi) is 32.6. The van der Waals surface area contributed by atoms with Crippen molar-refractivity contribution in [3.05, 3.63) is 25.0 Å². The predicted molar refractivity (Wildman–Crippen MR) is 300 cm³/mol. The fourth-order valence-electron chi connectivity index (χ4n) is 6.19. The summed E-state index contributed by atoms with van der Waals surface area (Å²) in [5, 5.41) is -0.189. The molecule has 76 heavy (non-hydrogen) atoms. The lowest BCUT2D eigenvalue weighted by Crippen LogP contribution is -2.57. The van der Waals surface area contributed by atoms with Crippen molar-refractivity contribution in [2.24, 2.45) is 16.2 Å². The maximum absolute atomic E-state index is 14.0. The Morgan fingerprint density at radius 1 is 0.513 bits per heavy atom. The van der Waals surface area contributed by atoms with Crippen LogP contribution in [-0.4, -0.2) is 151 Å². The molecular weight excluding hydrogens is 1110 g/mol. The van der Waals surface area contributed by atoms with E-state index in [0.29, 0.717) is 25.4 Å². The highest BCUT2D eigenvalue weighted by atomic mass is 79.9. The lowest BCUT2D eigenvalue weighted by Gasteiger charge is -2.36. The lowest BCUT2D eigenvalue weighted by molar-refractivity contribution is -0.173. The summed E-state index contributed by atoms with van der Waals surface area (Å²) in [6.45, 7) is 26.8. The molecule has 0 bridgehead atoms. The third-order valence-electron chi connectivity index (χ3n) is 11.6. The summed E-state index contributed by atoms with van der Waals surface area (Å²) >= 11 is 6.63. The molecule has 0 aromatic rings. The van der Waals surface area contributed by atoms with Crippen molar-refractivity contribution >= 4 is 89.1 Å². The minimum absolute atomic E-state index is 0.00436. The van der Waals surface area contributed by atoms with E-state index in [-0.39, 0.29) is 51.7 Å². The molecule has 0 spiro atoms. The maximum Gasteiger partial charge on any atom is 0.332 e. The molecule has 0 aliphatic rings. The SMILES string of the molecule is [B]C(C)(C)C(=O)OCC(CCC(=O)C(C)(C)Br)(COC(=O)C([B])(C)C)NC(=O)COCC(=O)OCC(C)(COCCCCCOCCCCCCCC=C)COC(=O)C(C)(COC(=C)C(C)(C)C)COC(=O)C(C)(C)Br. The normalized spacial score (nSPS) is 14.0. The topological polar surface area (TPSA) is 215 Å². The van der Waals surface area contributed by atoms with Crippen LogP contribution >= 0.6 is 31.9 Å². The van der Waals surface area contributed by atoms with E-state index in [1.165, 1.54) is 47.0 Å². The van der Waals surface area contributed by atoms with Crippen molar-refractivity contribution in [2.75, 3.05) is 79.3 Å². The summed E-state index contributed by atoms with van der Waals surface area (Å²) in [5.41, 5.74) is -4.75. The van der Waals surface area contributed by atoms with Gasteiger partial charge in [0.2, 0.25) is 5.91 Å². The van der Waals surface area contributed by atoms with Gasteiger partial charge >= 0.3 is 29.8 Å². The number of ether oxygens (including phenoxy) is 9. The Balaban J connectivity index is 6.20. The molecule has 2 atom stereocenters. The fraction of sp³-hybridized carbons (Fsp3) is 0.800. The smallest absolute Gasteiger partial charge is 0.332 e. The largest absolute Gasteiger partial charge is 0.497 e. The molecule has 4 radical (unpaired) electrons. The number of esters is 5. The molecule has 432 valence electrons. The molecule has 2 unspecified atom stereocenters. The number of amides is 1. The number of halogens is 2. The molecule has 0 aromatic heterocycles.